The first-order chi connectivity index (χ1) is 4.77. The van der Waals surface area contributed by atoms with Gasteiger partial charge in [-0.3, -0.25) is 0 Å². The number of hydrogen-bond acceptors (Lipinski definition) is 4. The fourth-order valence-corrected chi connectivity index (χ4v) is 1.11. The Balaban J connectivity index is 2.75. The normalized spacial score (nSPS) is 29.7. The summed E-state index contributed by atoms with van der Waals surface area (Å²) in [5.74, 6) is 0. The first-order valence-electron chi connectivity index (χ1n) is 2.57. The van der Waals surface area contributed by atoms with E-state index in [1.54, 1.807) is 0 Å². The van der Waals surface area contributed by atoms with Crippen molar-refractivity contribution in [1.82, 2.24) is 5.32 Å². The highest BCUT2D eigenvalue weighted by molar-refractivity contribution is 9.18. The third-order valence-corrected chi connectivity index (χ3v) is 1.55. The molecule has 0 fully saturated rings. The van der Waals surface area contributed by atoms with Crippen molar-refractivity contribution in [2.75, 3.05) is 0 Å². The van der Waals surface area contributed by atoms with Gasteiger partial charge in [0.1, 0.15) is 0 Å². The van der Waals surface area contributed by atoms with Gasteiger partial charge in [0.05, 0.1) is 12.1 Å². The van der Waals surface area contributed by atoms with Gasteiger partial charge in [-0.25, -0.2) is 4.99 Å². The Morgan fingerprint density at radius 1 is 1.50 bits per heavy atom. The Morgan fingerprint density at radius 2 is 2.20 bits per heavy atom. The molecular weight excluding hydrogens is 196 g/mol. The molecular formula is C5H3BrN4. The third-order valence-electron chi connectivity index (χ3n) is 1.11. The Labute approximate surface area is 66.3 Å². The van der Waals surface area contributed by atoms with Gasteiger partial charge in [0.15, 0.2) is 16.8 Å². The van der Waals surface area contributed by atoms with Crippen molar-refractivity contribution in [3.63, 3.8) is 0 Å². The minimum absolute atomic E-state index is 0.477. The molecule has 0 saturated carbocycles. The molecule has 1 heterocycles. The van der Waals surface area contributed by atoms with Gasteiger partial charge in [-0.15, -0.1) is 0 Å². The van der Waals surface area contributed by atoms with Gasteiger partial charge in [0, 0.05) is 0 Å². The van der Waals surface area contributed by atoms with Crippen LogP contribution in [0.5, 0.6) is 0 Å². The van der Waals surface area contributed by atoms with Crippen LogP contribution in [0.1, 0.15) is 0 Å². The van der Waals surface area contributed by atoms with Crippen molar-refractivity contribution in [3.05, 3.63) is 0 Å². The van der Waals surface area contributed by atoms with Gasteiger partial charge in [-0.2, -0.15) is 10.5 Å². The van der Waals surface area contributed by atoms with Gasteiger partial charge >= 0.3 is 0 Å². The van der Waals surface area contributed by atoms with Crippen LogP contribution in [0.3, 0.4) is 0 Å². The molecule has 0 unspecified atom stereocenters. The SMILES string of the molecule is N#C[C@H]1N=C(Br)N[C@@H]1C#N. The Hall–Kier alpha value is -1.07. The lowest BCUT2D eigenvalue weighted by Gasteiger charge is -2.00. The molecule has 0 bridgehead atoms. The monoisotopic (exact) mass is 198 g/mol. The molecule has 0 aliphatic carbocycles. The van der Waals surface area contributed by atoms with E-state index >= 15 is 0 Å². The smallest absolute Gasteiger partial charge is 0.172 e. The number of nitrogens with one attached hydrogen (secondary N) is 1. The first-order valence-corrected chi connectivity index (χ1v) is 3.36. The topological polar surface area (TPSA) is 72.0 Å². The number of nitrogens with zero attached hydrogens (tertiary/aromatic N) is 3. The number of rotatable bonds is 0. The zero-order chi connectivity index (χ0) is 7.56. The van der Waals surface area contributed by atoms with Crippen molar-refractivity contribution < 1.29 is 0 Å². The standard InChI is InChI=1S/C5H3BrN4/c6-5-9-3(1-7)4(2-8)10-5/h3-4H,(H,9,10)/t3-,4-/m1/s1. The number of nitriles is 2. The van der Waals surface area contributed by atoms with Crippen LogP contribution < -0.4 is 5.32 Å². The lowest BCUT2D eigenvalue weighted by molar-refractivity contribution is 0.724. The quantitative estimate of drug-likeness (QED) is 0.563. The van der Waals surface area contributed by atoms with Gasteiger partial charge in [0.25, 0.3) is 0 Å². The van der Waals surface area contributed by atoms with Gasteiger partial charge in [0.2, 0.25) is 0 Å². The van der Waals surface area contributed by atoms with Gasteiger partial charge < -0.3 is 5.32 Å². The zero-order valence-electron chi connectivity index (χ0n) is 4.87. The van der Waals surface area contributed by atoms with E-state index in [-0.39, 0.29) is 0 Å². The lowest BCUT2D eigenvalue weighted by atomic mass is 10.2. The molecule has 0 aromatic heterocycles. The van der Waals surface area contributed by atoms with Crippen LogP contribution in [0.25, 0.3) is 0 Å². The van der Waals surface area contributed by atoms with Crippen molar-refractivity contribution >= 4 is 20.7 Å². The molecule has 50 valence electrons. The van der Waals surface area contributed by atoms with Crippen LogP contribution in [-0.2, 0) is 0 Å². The summed E-state index contributed by atoms with van der Waals surface area (Å²) < 4.78 is 0.477. The van der Waals surface area contributed by atoms with E-state index in [2.05, 4.69) is 26.2 Å². The summed E-state index contributed by atoms with van der Waals surface area (Å²) in [5, 5.41) is 19.5. The summed E-state index contributed by atoms with van der Waals surface area (Å²) in [6.45, 7) is 0. The Morgan fingerprint density at radius 3 is 2.60 bits per heavy atom. The minimum atomic E-state index is -0.570. The molecule has 2 atom stereocenters. The molecule has 0 aromatic rings. The highest BCUT2D eigenvalue weighted by Crippen LogP contribution is 2.07. The molecule has 1 N–H and O–H groups in total. The molecule has 0 aromatic carbocycles. The number of aliphatic imine (C=N–C) groups is 1. The average molecular weight is 199 g/mol. The van der Waals surface area contributed by atoms with E-state index in [1.165, 1.54) is 0 Å². The molecule has 0 radical (unpaired) electrons. The van der Waals surface area contributed by atoms with Crippen LogP contribution in [0, 0.1) is 22.7 Å². The van der Waals surface area contributed by atoms with E-state index in [4.69, 9.17) is 10.5 Å². The van der Waals surface area contributed by atoms with Crippen LogP contribution in [0.2, 0.25) is 0 Å². The fraction of sp³-hybridized carbons (Fsp3) is 0.400. The zero-order valence-corrected chi connectivity index (χ0v) is 6.46. The first kappa shape index (κ1) is 7.04. The van der Waals surface area contributed by atoms with Crippen molar-refractivity contribution in [3.8, 4) is 12.1 Å². The third kappa shape index (κ3) is 1.09. The number of halogens is 1. The maximum Gasteiger partial charge on any atom is 0.172 e. The molecule has 1 rings (SSSR count). The molecule has 0 amide bonds. The summed E-state index contributed by atoms with van der Waals surface area (Å²) in [7, 11) is 0. The Bertz CT molecular complexity index is 245. The largest absolute Gasteiger partial charge is 0.346 e. The highest BCUT2D eigenvalue weighted by Gasteiger charge is 2.26. The highest BCUT2D eigenvalue weighted by atomic mass is 79.9. The van der Waals surface area contributed by atoms with Crippen LogP contribution in [-0.4, -0.2) is 16.8 Å². The van der Waals surface area contributed by atoms with E-state index in [1.807, 2.05) is 12.1 Å². The Kier molecular flexibility index (Phi) is 1.88. The molecule has 0 spiro atoms. The second kappa shape index (κ2) is 2.68. The van der Waals surface area contributed by atoms with E-state index in [0.717, 1.165) is 0 Å². The summed E-state index contributed by atoms with van der Waals surface area (Å²) in [4.78, 5) is 3.80. The number of amidine groups is 1. The van der Waals surface area contributed by atoms with Crippen molar-refractivity contribution in [1.29, 1.82) is 10.5 Å². The van der Waals surface area contributed by atoms with Crippen molar-refractivity contribution in [2.45, 2.75) is 12.1 Å². The molecule has 1 aliphatic rings. The van der Waals surface area contributed by atoms with Crippen molar-refractivity contribution in [2.24, 2.45) is 4.99 Å². The molecule has 0 saturated heterocycles. The summed E-state index contributed by atoms with van der Waals surface area (Å²) in [6, 6.07) is 2.74. The summed E-state index contributed by atoms with van der Waals surface area (Å²) in [5.41, 5.74) is 0. The maximum absolute atomic E-state index is 8.43. The van der Waals surface area contributed by atoms with Gasteiger partial charge in [-0.05, 0) is 15.9 Å². The summed E-state index contributed by atoms with van der Waals surface area (Å²) >= 11 is 3.04. The molecule has 5 heteroatoms. The lowest BCUT2D eigenvalue weighted by Crippen LogP contribution is -2.30. The van der Waals surface area contributed by atoms with Crippen LogP contribution >= 0.6 is 15.9 Å². The van der Waals surface area contributed by atoms with E-state index in [9.17, 15) is 0 Å². The molecule has 1 aliphatic heterocycles. The maximum atomic E-state index is 8.43. The van der Waals surface area contributed by atoms with Gasteiger partial charge in [-0.1, -0.05) is 0 Å². The minimum Gasteiger partial charge on any atom is -0.346 e. The van der Waals surface area contributed by atoms with Crippen LogP contribution in [0.15, 0.2) is 4.99 Å². The second-order valence-corrected chi connectivity index (χ2v) is 2.50. The molecule has 10 heavy (non-hydrogen) atoms. The predicted octanol–water partition coefficient (Wildman–Crippen LogP) is 0.125. The predicted molar refractivity (Wildman–Crippen MR) is 38.3 cm³/mol. The van der Waals surface area contributed by atoms with E-state index < -0.39 is 12.1 Å². The van der Waals surface area contributed by atoms with Crippen LogP contribution in [0.4, 0.5) is 0 Å². The molecule has 4 nitrogen and oxygen atoms in total. The number of hydrogen-bond donors (Lipinski definition) is 1. The average Bonchev–Trinajstić information content (AvgIpc) is 2.30. The van der Waals surface area contributed by atoms with E-state index in [0.29, 0.717) is 4.74 Å². The summed E-state index contributed by atoms with van der Waals surface area (Å²) in [6.07, 6.45) is 0. The fourth-order valence-electron chi connectivity index (χ4n) is 0.647. The second-order valence-electron chi connectivity index (χ2n) is 1.74.